The molecule has 33 heavy (non-hydrogen) atoms. The van der Waals surface area contributed by atoms with Crippen molar-refractivity contribution in [2.24, 2.45) is 0 Å². The number of carbonyl (C=O) groups is 1. The molecule has 0 bridgehead atoms. The van der Waals surface area contributed by atoms with Gasteiger partial charge < -0.3 is 4.74 Å². The summed E-state index contributed by atoms with van der Waals surface area (Å²) in [6.07, 6.45) is 0. The van der Waals surface area contributed by atoms with Crippen LogP contribution < -0.4 is 10.1 Å². The minimum Gasteiger partial charge on any atom is -0.496 e. The minimum absolute atomic E-state index is 0.0148. The number of carbonyl (C=O) groups excluding carboxylic acids is 1. The Morgan fingerprint density at radius 3 is 2.45 bits per heavy atom. The molecule has 8 heteroatoms. The van der Waals surface area contributed by atoms with E-state index < -0.39 is 4.92 Å². The highest BCUT2D eigenvalue weighted by Gasteiger charge is 2.20. The van der Waals surface area contributed by atoms with Gasteiger partial charge in [-0.05, 0) is 49.2 Å². The second-order valence-electron chi connectivity index (χ2n) is 7.47. The highest BCUT2D eigenvalue weighted by Crippen LogP contribution is 2.41. The van der Waals surface area contributed by atoms with E-state index in [1.165, 1.54) is 30.6 Å². The molecule has 0 aliphatic carbocycles. The van der Waals surface area contributed by atoms with Gasteiger partial charge in [-0.25, -0.2) is 4.98 Å². The first-order valence-corrected chi connectivity index (χ1v) is 11.0. The first-order valence-electron chi connectivity index (χ1n) is 10.1. The lowest BCUT2D eigenvalue weighted by atomic mass is 10.0. The van der Waals surface area contributed by atoms with Crippen LogP contribution in [0.15, 0.2) is 66.7 Å². The largest absolute Gasteiger partial charge is 0.496 e. The lowest BCUT2D eigenvalue weighted by Crippen LogP contribution is -2.12. The second kappa shape index (κ2) is 9.22. The molecule has 4 rings (SSSR count). The summed E-state index contributed by atoms with van der Waals surface area (Å²) in [4.78, 5) is 29.1. The molecule has 0 unspecified atom stereocenters. The highest BCUT2D eigenvalue weighted by atomic mass is 32.1. The molecule has 0 aliphatic rings. The molecule has 1 N–H and O–H groups in total. The van der Waals surface area contributed by atoms with E-state index in [1.807, 2.05) is 26.0 Å². The number of benzene rings is 3. The van der Waals surface area contributed by atoms with Gasteiger partial charge in [0.1, 0.15) is 5.75 Å². The number of aryl methyl sites for hydroxylation is 2. The maximum atomic E-state index is 12.9. The summed E-state index contributed by atoms with van der Waals surface area (Å²) in [5.74, 6) is 0.139. The Bertz CT molecular complexity index is 1350. The number of rotatable bonds is 6. The van der Waals surface area contributed by atoms with Crippen molar-refractivity contribution in [1.82, 2.24) is 4.98 Å². The number of ether oxygens (including phenoxy) is 1. The molecule has 0 aliphatic heterocycles. The molecule has 0 saturated heterocycles. The van der Waals surface area contributed by atoms with Crippen LogP contribution in [0.5, 0.6) is 5.75 Å². The van der Waals surface area contributed by atoms with Gasteiger partial charge in [0, 0.05) is 17.7 Å². The summed E-state index contributed by atoms with van der Waals surface area (Å²) >= 11 is 1.32. The Morgan fingerprint density at radius 1 is 1.06 bits per heavy atom. The zero-order valence-corrected chi connectivity index (χ0v) is 19.1. The van der Waals surface area contributed by atoms with E-state index in [9.17, 15) is 14.9 Å². The van der Waals surface area contributed by atoms with E-state index in [2.05, 4.69) is 11.4 Å². The predicted octanol–water partition coefficient (Wildman–Crippen LogP) is 6.26. The van der Waals surface area contributed by atoms with Crippen LogP contribution in [0.2, 0.25) is 0 Å². The fourth-order valence-electron chi connectivity index (χ4n) is 3.56. The molecule has 1 aromatic heterocycles. The first kappa shape index (κ1) is 22.2. The van der Waals surface area contributed by atoms with Crippen LogP contribution in [0.25, 0.3) is 21.7 Å². The maximum Gasteiger partial charge on any atom is 0.269 e. The van der Waals surface area contributed by atoms with Gasteiger partial charge in [0.2, 0.25) is 0 Å². The number of nitro benzene ring substituents is 1. The third kappa shape index (κ3) is 4.61. The summed E-state index contributed by atoms with van der Waals surface area (Å²) in [5, 5.41) is 14.4. The van der Waals surface area contributed by atoms with Crippen LogP contribution >= 0.6 is 11.3 Å². The van der Waals surface area contributed by atoms with Crippen molar-refractivity contribution in [3.05, 3.63) is 93.5 Å². The first-order chi connectivity index (χ1) is 15.9. The van der Waals surface area contributed by atoms with Crippen molar-refractivity contribution in [3.63, 3.8) is 0 Å². The smallest absolute Gasteiger partial charge is 0.269 e. The molecule has 1 heterocycles. The Morgan fingerprint density at radius 2 is 1.79 bits per heavy atom. The van der Waals surface area contributed by atoms with Gasteiger partial charge >= 0.3 is 0 Å². The number of para-hydroxylation sites is 1. The molecule has 4 aromatic rings. The lowest BCUT2D eigenvalue weighted by molar-refractivity contribution is -0.384. The van der Waals surface area contributed by atoms with Gasteiger partial charge in [-0.2, -0.15) is 0 Å². The number of nitrogens with zero attached hydrogens (tertiary/aromatic N) is 2. The van der Waals surface area contributed by atoms with Crippen LogP contribution in [0.3, 0.4) is 0 Å². The monoisotopic (exact) mass is 459 g/mol. The summed E-state index contributed by atoms with van der Waals surface area (Å²) in [6, 6.07) is 19.4. The average molecular weight is 460 g/mol. The van der Waals surface area contributed by atoms with Crippen molar-refractivity contribution in [1.29, 1.82) is 0 Å². The van der Waals surface area contributed by atoms with E-state index in [-0.39, 0.29) is 11.6 Å². The molecular weight excluding hydrogens is 438 g/mol. The zero-order valence-electron chi connectivity index (χ0n) is 18.3. The van der Waals surface area contributed by atoms with E-state index in [0.717, 1.165) is 27.1 Å². The molecule has 0 atom stereocenters. The van der Waals surface area contributed by atoms with Crippen molar-refractivity contribution in [2.45, 2.75) is 13.8 Å². The van der Waals surface area contributed by atoms with E-state index in [0.29, 0.717) is 22.1 Å². The lowest BCUT2D eigenvalue weighted by Gasteiger charge is -2.07. The molecule has 0 saturated carbocycles. The number of anilines is 1. The third-order valence-electron chi connectivity index (χ3n) is 5.18. The Balaban J connectivity index is 1.78. The average Bonchev–Trinajstić information content (AvgIpc) is 3.22. The summed E-state index contributed by atoms with van der Waals surface area (Å²) < 4.78 is 5.30. The molecular formula is C25H21N3O4S. The van der Waals surface area contributed by atoms with Crippen LogP contribution in [0.1, 0.15) is 21.5 Å². The van der Waals surface area contributed by atoms with Crippen LogP contribution in [0, 0.1) is 24.0 Å². The number of hydrogen-bond donors (Lipinski definition) is 1. The third-order valence-corrected chi connectivity index (χ3v) is 6.20. The zero-order chi connectivity index (χ0) is 23.5. The minimum atomic E-state index is -0.430. The van der Waals surface area contributed by atoms with Crippen LogP contribution in [0.4, 0.5) is 10.8 Å². The molecule has 1 amide bonds. The topological polar surface area (TPSA) is 94.4 Å². The molecule has 166 valence electrons. The number of amides is 1. The molecule has 0 spiro atoms. The number of nitrogens with one attached hydrogen (secondary N) is 1. The summed E-state index contributed by atoms with van der Waals surface area (Å²) in [5.41, 5.74) is 5.02. The van der Waals surface area contributed by atoms with Crippen LogP contribution in [-0.4, -0.2) is 22.9 Å². The van der Waals surface area contributed by atoms with E-state index in [4.69, 9.17) is 9.72 Å². The fraction of sp³-hybridized carbons (Fsp3) is 0.120. The van der Waals surface area contributed by atoms with Gasteiger partial charge in [-0.1, -0.05) is 47.2 Å². The van der Waals surface area contributed by atoms with Crippen molar-refractivity contribution in [2.75, 3.05) is 12.4 Å². The fourth-order valence-corrected chi connectivity index (χ4v) is 4.54. The molecule has 0 radical (unpaired) electrons. The highest BCUT2D eigenvalue weighted by molar-refractivity contribution is 7.19. The quantitative estimate of drug-likeness (QED) is 0.271. The van der Waals surface area contributed by atoms with E-state index in [1.54, 1.807) is 36.4 Å². The Hall–Kier alpha value is -4.04. The van der Waals surface area contributed by atoms with Crippen molar-refractivity contribution < 1.29 is 14.5 Å². The van der Waals surface area contributed by atoms with Crippen molar-refractivity contribution >= 4 is 28.1 Å². The maximum absolute atomic E-state index is 12.9. The number of thiazole rings is 1. The van der Waals surface area contributed by atoms with Crippen molar-refractivity contribution in [3.8, 4) is 27.4 Å². The van der Waals surface area contributed by atoms with Gasteiger partial charge in [0.25, 0.3) is 11.6 Å². The summed E-state index contributed by atoms with van der Waals surface area (Å²) in [6.45, 7) is 4.03. The Labute approximate surface area is 194 Å². The number of hydrogen-bond acceptors (Lipinski definition) is 6. The second-order valence-corrected chi connectivity index (χ2v) is 8.47. The van der Waals surface area contributed by atoms with Crippen LogP contribution in [-0.2, 0) is 0 Å². The van der Waals surface area contributed by atoms with Gasteiger partial charge in [-0.15, -0.1) is 0 Å². The number of aromatic nitrogens is 1. The Kier molecular flexibility index (Phi) is 6.19. The number of non-ortho nitro benzene ring substituents is 1. The summed E-state index contributed by atoms with van der Waals surface area (Å²) in [7, 11) is 1.51. The number of nitro groups is 1. The number of methoxy groups -OCH3 is 1. The van der Waals surface area contributed by atoms with Gasteiger partial charge in [0.15, 0.2) is 5.13 Å². The normalized spacial score (nSPS) is 10.6. The SMILES string of the molecule is COc1ccccc1C(=O)Nc1nc(-c2ccc(C)cc2C)c(-c2ccc([N+](=O)[O-])cc2)s1. The van der Waals surface area contributed by atoms with Gasteiger partial charge in [0.05, 0.1) is 28.2 Å². The van der Waals surface area contributed by atoms with E-state index >= 15 is 0 Å². The standard InChI is InChI=1S/C25H21N3O4S/c1-15-8-13-19(16(2)14-15)22-23(17-9-11-18(12-10-17)28(30)31)33-25(26-22)27-24(29)20-6-4-5-7-21(20)32-3/h4-14H,1-3H3,(H,26,27,29). The van der Waals surface area contributed by atoms with Gasteiger partial charge in [-0.3, -0.25) is 20.2 Å². The molecule has 7 nitrogen and oxygen atoms in total. The molecule has 3 aromatic carbocycles. The predicted molar refractivity (Wildman–Crippen MR) is 130 cm³/mol. The molecule has 0 fully saturated rings.